The summed E-state index contributed by atoms with van der Waals surface area (Å²) in [5.41, 5.74) is -0.196. The van der Waals surface area contributed by atoms with Crippen LogP contribution >= 0.6 is 22.9 Å². The first kappa shape index (κ1) is 24.0. The fourth-order valence-corrected chi connectivity index (χ4v) is 4.45. The number of nitrogens with zero attached hydrogens (tertiary/aromatic N) is 4. The Morgan fingerprint density at radius 3 is 2.59 bits per heavy atom. The molecule has 0 radical (unpaired) electrons. The average Bonchev–Trinajstić information content (AvgIpc) is 3.35. The van der Waals surface area contributed by atoms with Gasteiger partial charge in [-0.2, -0.15) is 9.67 Å². The topological polar surface area (TPSA) is 98.6 Å². The van der Waals surface area contributed by atoms with E-state index in [1.165, 1.54) is 23.1 Å². The van der Waals surface area contributed by atoms with Gasteiger partial charge in [0.15, 0.2) is 5.82 Å². The van der Waals surface area contributed by atoms with Gasteiger partial charge in [-0.25, -0.2) is 4.79 Å². The summed E-state index contributed by atoms with van der Waals surface area (Å²) >= 11 is 7.48. The van der Waals surface area contributed by atoms with Crippen molar-refractivity contribution >= 4 is 40.9 Å². The van der Waals surface area contributed by atoms with Crippen LogP contribution in [0.4, 0.5) is 10.7 Å². The molecule has 0 unspecified atom stereocenters. The van der Waals surface area contributed by atoms with Gasteiger partial charge in [0.2, 0.25) is 5.95 Å². The van der Waals surface area contributed by atoms with E-state index in [-0.39, 0.29) is 17.9 Å². The Balaban J connectivity index is 1.56. The maximum Gasteiger partial charge on any atom is 0.410 e. The van der Waals surface area contributed by atoms with Gasteiger partial charge in [-0.05, 0) is 45.0 Å². The van der Waals surface area contributed by atoms with Crippen molar-refractivity contribution in [1.29, 1.82) is 0 Å². The number of ether oxygens (including phenoxy) is 2. The van der Waals surface area contributed by atoms with Gasteiger partial charge < -0.3 is 19.7 Å². The number of aromatic nitrogens is 3. The molecule has 9 nitrogen and oxygen atoms in total. The number of anilines is 1. The van der Waals surface area contributed by atoms with Crippen LogP contribution in [0.2, 0.25) is 4.34 Å². The van der Waals surface area contributed by atoms with Crippen molar-refractivity contribution in [2.45, 2.75) is 38.8 Å². The van der Waals surface area contributed by atoms with Crippen LogP contribution in [0.15, 0.2) is 36.4 Å². The van der Waals surface area contributed by atoms with Crippen molar-refractivity contribution < 1.29 is 19.1 Å². The summed E-state index contributed by atoms with van der Waals surface area (Å²) in [4.78, 5) is 32.8. The third kappa shape index (κ3) is 5.34. The quantitative estimate of drug-likeness (QED) is 0.523. The highest BCUT2D eigenvalue weighted by atomic mass is 35.5. The van der Waals surface area contributed by atoms with Crippen LogP contribution in [-0.4, -0.2) is 57.5 Å². The highest BCUT2D eigenvalue weighted by molar-refractivity contribution is 7.16. The van der Waals surface area contributed by atoms with Crippen molar-refractivity contribution in [3.8, 4) is 5.75 Å². The minimum Gasteiger partial charge on any atom is -0.496 e. The maximum atomic E-state index is 13.4. The van der Waals surface area contributed by atoms with Gasteiger partial charge in [0, 0.05) is 18.0 Å². The number of likely N-dealkylation sites (tertiary alicyclic amines) is 1. The molecular weight excluding hydrogens is 478 g/mol. The summed E-state index contributed by atoms with van der Waals surface area (Å²) in [5, 5.41) is 7.70. The Morgan fingerprint density at radius 2 is 1.94 bits per heavy atom. The van der Waals surface area contributed by atoms with Gasteiger partial charge in [0.1, 0.15) is 11.4 Å². The number of halogens is 1. The molecule has 0 aliphatic carbocycles. The lowest BCUT2D eigenvalue weighted by Gasteiger charge is -2.38. The predicted octanol–water partition coefficient (Wildman–Crippen LogP) is 4.64. The van der Waals surface area contributed by atoms with Crippen molar-refractivity contribution in [3.63, 3.8) is 0 Å². The highest BCUT2D eigenvalue weighted by Gasteiger charge is 2.37. The number of nitrogens with one attached hydrogen (secondary N) is 1. The number of rotatable bonds is 6. The fraction of sp³-hybridized carbons (Fsp3) is 0.391. The lowest BCUT2D eigenvalue weighted by atomic mass is 10.0. The number of carbonyl (C=O) groups excluding carboxylic acids is 2. The molecule has 11 heteroatoms. The van der Waals surface area contributed by atoms with Gasteiger partial charge in [-0.1, -0.05) is 23.7 Å². The van der Waals surface area contributed by atoms with Crippen LogP contribution in [0.1, 0.15) is 47.7 Å². The van der Waals surface area contributed by atoms with E-state index >= 15 is 0 Å². The molecule has 1 aliphatic heterocycles. The molecule has 0 spiro atoms. The first-order valence-corrected chi connectivity index (χ1v) is 11.9. The van der Waals surface area contributed by atoms with E-state index in [2.05, 4.69) is 15.4 Å². The van der Waals surface area contributed by atoms with Crippen molar-refractivity contribution in [3.05, 3.63) is 57.0 Å². The smallest absolute Gasteiger partial charge is 0.410 e. The molecule has 4 rings (SSSR count). The molecule has 0 atom stereocenters. The first-order valence-electron chi connectivity index (χ1n) is 10.8. The van der Waals surface area contributed by atoms with E-state index in [1.807, 2.05) is 32.9 Å². The van der Waals surface area contributed by atoms with Gasteiger partial charge >= 0.3 is 6.09 Å². The summed E-state index contributed by atoms with van der Waals surface area (Å²) < 4.78 is 12.7. The van der Waals surface area contributed by atoms with Gasteiger partial charge in [0.05, 0.1) is 29.5 Å². The minimum absolute atomic E-state index is 0.101. The Morgan fingerprint density at radius 1 is 1.21 bits per heavy atom. The Bertz CT molecular complexity index is 1200. The Kier molecular flexibility index (Phi) is 6.81. The van der Waals surface area contributed by atoms with Gasteiger partial charge in [-0.3, -0.25) is 4.79 Å². The number of benzene rings is 1. The number of thiophene rings is 1. The molecule has 0 bridgehead atoms. The summed E-state index contributed by atoms with van der Waals surface area (Å²) in [5.74, 6) is 0.767. The molecule has 1 amide bonds. The van der Waals surface area contributed by atoms with Crippen LogP contribution in [0.25, 0.3) is 0 Å². The second kappa shape index (κ2) is 9.63. The SMILES string of the molecule is COc1ccccc1C(=O)n1nc(C2CN(C(=O)OC(C)(C)C)C2)nc1NCc1ccc(Cl)s1. The molecule has 1 saturated heterocycles. The predicted molar refractivity (Wildman–Crippen MR) is 130 cm³/mol. The fourth-order valence-electron chi connectivity index (χ4n) is 3.42. The average molecular weight is 504 g/mol. The highest BCUT2D eigenvalue weighted by Crippen LogP contribution is 2.29. The van der Waals surface area contributed by atoms with E-state index in [0.717, 1.165) is 4.88 Å². The normalized spacial score (nSPS) is 14.0. The molecule has 1 aliphatic rings. The summed E-state index contributed by atoms with van der Waals surface area (Å²) in [6.45, 7) is 6.75. The second-order valence-corrected chi connectivity index (χ2v) is 10.7. The van der Waals surface area contributed by atoms with Crippen molar-refractivity contribution in [1.82, 2.24) is 19.7 Å². The molecule has 3 heterocycles. The molecule has 3 aromatic rings. The number of carbonyl (C=O) groups is 2. The third-order valence-corrected chi connectivity index (χ3v) is 6.33. The van der Waals surface area contributed by atoms with Crippen molar-refractivity contribution in [2.24, 2.45) is 0 Å². The van der Waals surface area contributed by atoms with E-state index in [0.29, 0.717) is 47.1 Å². The monoisotopic (exact) mass is 503 g/mol. The number of hydrogen-bond donors (Lipinski definition) is 1. The zero-order valence-corrected chi connectivity index (χ0v) is 20.9. The standard InChI is InChI=1S/C23H26ClN5O4S/c1-23(2,3)33-22(31)28-12-14(13-28)19-26-21(25-11-15-9-10-18(24)34-15)29(27-19)20(30)16-7-5-6-8-17(16)32-4/h5-10,14H,11-13H2,1-4H3,(H,25,26,27). The zero-order valence-electron chi connectivity index (χ0n) is 19.4. The van der Waals surface area contributed by atoms with Gasteiger partial charge in [0.25, 0.3) is 5.91 Å². The van der Waals surface area contributed by atoms with Crippen LogP contribution in [0.5, 0.6) is 5.75 Å². The number of amides is 1. The largest absolute Gasteiger partial charge is 0.496 e. The molecule has 0 saturated carbocycles. The first-order chi connectivity index (χ1) is 16.1. The molecule has 1 aromatic carbocycles. The van der Waals surface area contributed by atoms with E-state index in [4.69, 9.17) is 21.1 Å². The number of hydrogen-bond acceptors (Lipinski definition) is 8. The minimum atomic E-state index is -0.565. The zero-order chi connectivity index (χ0) is 24.5. The van der Waals surface area contributed by atoms with Crippen LogP contribution in [0.3, 0.4) is 0 Å². The molecule has 2 aromatic heterocycles. The molecule has 1 fully saturated rings. The van der Waals surface area contributed by atoms with Crippen LogP contribution < -0.4 is 10.1 Å². The van der Waals surface area contributed by atoms with E-state index in [9.17, 15) is 9.59 Å². The van der Waals surface area contributed by atoms with Crippen LogP contribution in [-0.2, 0) is 11.3 Å². The maximum absolute atomic E-state index is 13.4. The number of methoxy groups -OCH3 is 1. The van der Waals surface area contributed by atoms with Gasteiger partial charge in [-0.15, -0.1) is 16.4 Å². The Hall–Kier alpha value is -3.11. The van der Waals surface area contributed by atoms with Crippen LogP contribution in [0, 0.1) is 0 Å². The lowest BCUT2D eigenvalue weighted by Crippen LogP contribution is -2.50. The lowest BCUT2D eigenvalue weighted by molar-refractivity contribution is 0.00748. The van der Waals surface area contributed by atoms with E-state index < -0.39 is 5.60 Å². The molecule has 1 N–H and O–H groups in total. The van der Waals surface area contributed by atoms with Crippen molar-refractivity contribution in [2.75, 3.05) is 25.5 Å². The Labute approximate surface area is 206 Å². The second-order valence-electron chi connectivity index (χ2n) is 8.85. The molecular formula is C23H26ClN5O4S. The molecule has 34 heavy (non-hydrogen) atoms. The third-order valence-electron chi connectivity index (χ3n) is 5.10. The molecule has 180 valence electrons. The van der Waals surface area contributed by atoms with E-state index in [1.54, 1.807) is 29.2 Å². The number of para-hydroxylation sites is 1. The summed E-state index contributed by atoms with van der Waals surface area (Å²) in [6, 6.07) is 10.7. The summed E-state index contributed by atoms with van der Waals surface area (Å²) in [7, 11) is 1.51. The summed E-state index contributed by atoms with van der Waals surface area (Å²) in [6.07, 6.45) is -0.374.